The first-order valence-electron chi connectivity index (χ1n) is 10.7. The molecule has 2 aromatic rings. The molecule has 2 aromatic heterocycles. The molecule has 1 amide bonds. The second kappa shape index (κ2) is 9.26. The highest BCUT2D eigenvalue weighted by Crippen LogP contribution is 2.40. The summed E-state index contributed by atoms with van der Waals surface area (Å²) < 4.78 is 0. The van der Waals surface area contributed by atoms with Crippen LogP contribution in [0.3, 0.4) is 0 Å². The van der Waals surface area contributed by atoms with Gasteiger partial charge in [0.15, 0.2) is 0 Å². The molecule has 3 heterocycles. The number of hydrogen-bond acceptors (Lipinski definition) is 5. The third kappa shape index (κ3) is 4.79. The number of amides is 1. The van der Waals surface area contributed by atoms with E-state index >= 15 is 0 Å². The number of aromatic nitrogens is 2. The Hall–Kier alpha value is -2.93. The molecule has 2 atom stereocenters. The third-order valence-electron chi connectivity index (χ3n) is 6.04. The molecule has 0 bridgehead atoms. The van der Waals surface area contributed by atoms with Crippen LogP contribution in [-0.2, 0) is 4.79 Å². The summed E-state index contributed by atoms with van der Waals surface area (Å²) in [5.41, 5.74) is 7.91. The molecule has 1 saturated carbocycles. The standard InChI is InChI=1S/C23H29N5O2/c24-9-1-4-21(29)28-12-2-3-18(15-28)22(17-5-6-17)27-20-13-19(14-26-23(20)30)16-7-10-25-11-8-16/h1,4,7-8,10-11,13-14,17-18,22,27H,2-3,5-6,9,12,15,24H2,(H,26,30)/b4-1+/t18?,22-/m0/s1. The van der Waals surface area contributed by atoms with E-state index in [0.717, 1.165) is 43.4 Å². The normalized spacial score (nSPS) is 20.3. The number of pyridine rings is 2. The average molecular weight is 408 g/mol. The maximum Gasteiger partial charge on any atom is 0.271 e. The van der Waals surface area contributed by atoms with Gasteiger partial charge in [0.1, 0.15) is 5.69 Å². The summed E-state index contributed by atoms with van der Waals surface area (Å²) in [7, 11) is 0. The number of hydrogen-bond donors (Lipinski definition) is 3. The second-order valence-electron chi connectivity index (χ2n) is 8.20. The first-order chi connectivity index (χ1) is 14.7. The lowest BCUT2D eigenvalue weighted by Gasteiger charge is -2.37. The van der Waals surface area contributed by atoms with Crippen molar-refractivity contribution in [1.29, 1.82) is 0 Å². The molecule has 1 aliphatic heterocycles. The number of nitrogens with zero attached hydrogens (tertiary/aromatic N) is 2. The van der Waals surface area contributed by atoms with E-state index in [-0.39, 0.29) is 17.5 Å². The lowest BCUT2D eigenvalue weighted by Crippen LogP contribution is -2.46. The van der Waals surface area contributed by atoms with Crippen molar-refractivity contribution >= 4 is 11.6 Å². The monoisotopic (exact) mass is 407 g/mol. The zero-order chi connectivity index (χ0) is 20.9. The van der Waals surface area contributed by atoms with Crippen LogP contribution >= 0.6 is 0 Å². The molecule has 158 valence electrons. The third-order valence-corrected chi connectivity index (χ3v) is 6.04. The highest BCUT2D eigenvalue weighted by atomic mass is 16.2. The lowest BCUT2D eigenvalue weighted by atomic mass is 9.87. The second-order valence-corrected chi connectivity index (χ2v) is 8.20. The van der Waals surface area contributed by atoms with E-state index in [1.807, 2.05) is 23.1 Å². The number of aromatic amines is 1. The van der Waals surface area contributed by atoms with Crippen LogP contribution in [0.2, 0.25) is 0 Å². The van der Waals surface area contributed by atoms with Gasteiger partial charge in [0, 0.05) is 55.9 Å². The number of nitrogens with two attached hydrogens (primary N) is 1. The molecule has 2 fully saturated rings. The SMILES string of the molecule is NC/C=C/C(=O)N1CCCC([C@@H](Nc2cc(-c3ccncc3)c[nH]c2=O)C2CC2)C1. The molecule has 0 radical (unpaired) electrons. The average Bonchev–Trinajstić information content (AvgIpc) is 3.63. The van der Waals surface area contributed by atoms with E-state index in [1.54, 1.807) is 30.7 Å². The Kier molecular flexibility index (Phi) is 6.28. The number of likely N-dealkylation sites (tertiary alicyclic amines) is 1. The first-order valence-corrected chi connectivity index (χ1v) is 10.7. The molecule has 1 unspecified atom stereocenters. The fourth-order valence-corrected chi connectivity index (χ4v) is 4.34. The van der Waals surface area contributed by atoms with Crippen LogP contribution in [0.4, 0.5) is 5.69 Å². The number of carbonyl (C=O) groups excluding carboxylic acids is 1. The Labute approximate surface area is 176 Å². The maximum atomic E-state index is 12.5. The van der Waals surface area contributed by atoms with E-state index in [9.17, 15) is 9.59 Å². The molecule has 4 N–H and O–H groups in total. The van der Waals surface area contributed by atoms with E-state index < -0.39 is 0 Å². The minimum absolute atomic E-state index is 0.0252. The van der Waals surface area contributed by atoms with Crippen molar-refractivity contribution in [2.45, 2.75) is 31.7 Å². The smallest absolute Gasteiger partial charge is 0.271 e. The Morgan fingerprint density at radius 1 is 1.27 bits per heavy atom. The zero-order valence-electron chi connectivity index (χ0n) is 17.1. The van der Waals surface area contributed by atoms with Crippen LogP contribution in [0.25, 0.3) is 11.1 Å². The minimum atomic E-state index is -0.118. The zero-order valence-corrected chi connectivity index (χ0v) is 17.1. The van der Waals surface area contributed by atoms with Crippen molar-refractivity contribution in [3.8, 4) is 11.1 Å². The highest BCUT2D eigenvalue weighted by molar-refractivity contribution is 5.87. The number of rotatable bonds is 7. The molecule has 0 spiro atoms. The van der Waals surface area contributed by atoms with Gasteiger partial charge in [-0.1, -0.05) is 6.08 Å². The van der Waals surface area contributed by atoms with Gasteiger partial charge in [-0.3, -0.25) is 14.6 Å². The van der Waals surface area contributed by atoms with Gasteiger partial charge >= 0.3 is 0 Å². The van der Waals surface area contributed by atoms with Gasteiger partial charge in [0.05, 0.1) is 0 Å². The lowest BCUT2D eigenvalue weighted by molar-refractivity contribution is -0.127. The number of carbonyl (C=O) groups is 1. The van der Waals surface area contributed by atoms with Gasteiger partial charge in [-0.2, -0.15) is 0 Å². The van der Waals surface area contributed by atoms with Crippen LogP contribution in [0.1, 0.15) is 25.7 Å². The molecule has 4 rings (SSSR count). The quantitative estimate of drug-likeness (QED) is 0.612. The largest absolute Gasteiger partial charge is 0.377 e. The topological polar surface area (TPSA) is 104 Å². The molecular formula is C23H29N5O2. The van der Waals surface area contributed by atoms with Gasteiger partial charge < -0.3 is 20.9 Å². The first kappa shape index (κ1) is 20.3. The van der Waals surface area contributed by atoms with Gasteiger partial charge in [-0.25, -0.2) is 0 Å². The van der Waals surface area contributed by atoms with Crippen LogP contribution in [0.5, 0.6) is 0 Å². The fraction of sp³-hybridized carbons (Fsp3) is 0.435. The van der Waals surface area contributed by atoms with Gasteiger partial charge in [-0.15, -0.1) is 0 Å². The number of nitrogens with one attached hydrogen (secondary N) is 2. The molecule has 2 aliphatic rings. The maximum absolute atomic E-state index is 12.5. The predicted octanol–water partition coefficient (Wildman–Crippen LogP) is 2.38. The van der Waals surface area contributed by atoms with Crippen molar-refractivity contribution in [1.82, 2.24) is 14.9 Å². The molecule has 1 aliphatic carbocycles. The van der Waals surface area contributed by atoms with Crippen molar-refractivity contribution < 1.29 is 4.79 Å². The Bertz CT molecular complexity index is 952. The van der Waals surface area contributed by atoms with Crippen LogP contribution in [0, 0.1) is 11.8 Å². The fourth-order valence-electron chi connectivity index (χ4n) is 4.34. The van der Waals surface area contributed by atoms with E-state index in [0.29, 0.717) is 30.6 Å². The van der Waals surface area contributed by atoms with Crippen LogP contribution < -0.4 is 16.6 Å². The Morgan fingerprint density at radius 3 is 2.80 bits per heavy atom. The summed E-state index contributed by atoms with van der Waals surface area (Å²) in [6.07, 6.45) is 12.9. The van der Waals surface area contributed by atoms with Crippen LogP contribution in [0.15, 0.2) is 53.7 Å². The molecule has 1 saturated heterocycles. The van der Waals surface area contributed by atoms with Crippen molar-refractivity contribution in [3.05, 3.63) is 59.3 Å². The molecular weight excluding hydrogens is 378 g/mol. The van der Waals surface area contributed by atoms with Gasteiger partial charge in [0.25, 0.3) is 5.56 Å². The molecule has 7 heteroatoms. The summed E-state index contributed by atoms with van der Waals surface area (Å²) in [6.45, 7) is 1.86. The Morgan fingerprint density at radius 2 is 2.07 bits per heavy atom. The van der Waals surface area contributed by atoms with Crippen molar-refractivity contribution in [3.63, 3.8) is 0 Å². The highest BCUT2D eigenvalue weighted by Gasteiger charge is 2.39. The van der Waals surface area contributed by atoms with Crippen molar-refractivity contribution in [2.24, 2.45) is 17.6 Å². The van der Waals surface area contributed by atoms with Gasteiger partial charge in [0.2, 0.25) is 5.91 Å². The van der Waals surface area contributed by atoms with E-state index in [2.05, 4.69) is 15.3 Å². The number of anilines is 1. The Balaban J connectivity index is 1.52. The van der Waals surface area contributed by atoms with Crippen LogP contribution in [-0.4, -0.2) is 46.5 Å². The molecule has 0 aromatic carbocycles. The molecule has 30 heavy (non-hydrogen) atoms. The van der Waals surface area contributed by atoms with E-state index in [4.69, 9.17) is 5.73 Å². The predicted molar refractivity (Wildman–Crippen MR) is 118 cm³/mol. The summed E-state index contributed by atoms with van der Waals surface area (Å²) in [6, 6.07) is 5.96. The summed E-state index contributed by atoms with van der Waals surface area (Å²) in [5, 5.41) is 3.56. The number of piperidine rings is 1. The molecule has 7 nitrogen and oxygen atoms in total. The van der Waals surface area contributed by atoms with E-state index in [1.165, 1.54) is 0 Å². The summed E-state index contributed by atoms with van der Waals surface area (Å²) >= 11 is 0. The van der Waals surface area contributed by atoms with Gasteiger partial charge in [-0.05, 0) is 61.3 Å². The summed E-state index contributed by atoms with van der Waals surface area (Å²) in [5.74, 6) is 0.899. The summed E-state index contributed by atoms with van der Waals surface area (Å²) in [4.78, 5) is 33.8. The van der Waals surface area contributed by atoms with Crippen molar-refractivity contribution in [2.75, 3.05) is 25.0 Å². The number of H-pyrrole nitrogens is 1. The minimum Gasteiger partial charge on any atom is -0.377 e.